The molecule has 0 unspecified atom stereocenters. The van der Waals surface area contributed by atoms with Gasteiger partial charge < -0.3 is 18.9 Å². The molecule has 2 saturated heterocycles. The van der Waals surface area contributed by atoms with Crippen molar-refractivity contribution in [1.82, 2.24) is 4.90 Å². The van der Waals surface area contributed by atoms with Crippen LogP contribution in [-0.2, 0) is 25.6 Å². The fraction of sp³-hybridized carbons (Fsp3) is 0.458. The van der Waals surface area contributed by atoms with Crippen molar-refractivity contribution in [2.24, 2.45) is 5.92 Å². The summed E-state index contributed by atoms with van der Waals surface area (Å²) in [5, 5.41) is 0. The normalized spacial score (nSPS) is 26.4. The highest BCUT2D eigenvalue weighted by molar-refractivity contribution is 5.69. The van der Waals surface area contributed by atoms with E-state index in [0.717, 1.165) is 11.1 Å². The van der Waals surface area contributed by atoms with E-state index in [1.54, 1.807) is 4.90 Å². The van der Waals surface area contributed by atoms with Gasteiger partial charge in [-0.05, 0) is 18.1 Å². The Morgan fingerprint density at radius 1 is 1.13 bits per heavy atom. The molecule has 30 heavy (non-hydrogen) atoms. The number of carbonyl (C=O) groups is 1. The van der Waals surface area contributed by atoms with Crippen molar-refractivity contribution in [3.8, 4) is 0 Å². The van der Waals surface area contributed by atoms with Gasteiger partial charge in [0.25, 0.3) is 0 Å². The van der Waals surface area contributed by atoms with Gasteiger partial charge >= 0.3 is 6.09 Å². The molecule has 2 aliphatic heterocycles. The van der Waals surface area contributed by atoms with Crippen molar-refractivity contribution in [3.63, 3.8) is 0 Å². The van der Waals surface area contributed by atoms with Crippen molar-refractivity contribution < 1.29 is 23.7 Å². The van der Waals surface area contributed by atoms with E-state index in [1.165, 1.54) is 0 Å². The fourth-order valence-electron chi connectivity index (χ4n) is 4.00. The summed E-state index contributed by atoms with van der Waals surface area (Å²) < 4.78 is 23.2. The second-order valence-corrected chi connectivity index (χ2v) is 7.80. The van der Waals surface area contributed by atoms with Gasteiger partial charge in [0.2, 0.25) is 0 Å². The number of ether oxygens (including phenoxy) is 4. The van der Waals surface area contributed by atoms with Gasteiger partial charge in [0.15, 0.2) is 6.23 Å². The zero-order valence-electron chi connectivity index (χ0n) is 17.5. The van der Waals surface area contributed by atoms with Crippen LogP contribution in [0.25, 0.3) is 0 Å². The number of hydrogen-bond donors (Lipinski definition) is 0. The van der Waals surface area contributed by atoms with Gasteiger partial charge in [0.1, 0.15) is 6.10 Å². The summed E-state index contributed by atoms with van der Waals surface area (Å²) in [5.74, 6) is 0.196. The third kappa shape index (κ3) is 4.67. The van der Waals surface area contributed by atoms with Crippen molar-refractivity contribution in [2.75, 3.05) is 19.8 Å². The first-order valence-electron chi connectivity index (χ1n) is 10.6. The minimum Gasteiger partial charge on any atom is -0.450 e. The summed E-state index contributed by atoms with van der Waals surface area (Å²) in [5.41, 5.74) is 2.18. The molecular weight excluding hydrogens is 382 g/mol. The first-order valence-corrected chi connectivity index (χ1v) is 10.6. The van der Waals surface area contributed by atoms with Crippen LogP contribution in [0.5, 0.6) is 0 Å². The highest BCUT2D eigenvalue weighted by atomic mass is 16.6. The van der Waals surface area contributed by atoms with Crippen LogP contribution in [-0.4, -0.2) is 49.2 Å². The van der Waals surface area contributed by atoms with E-state index in [4.69, 9.17) is 18.9 Å². The lowest BCUT2D eigenvalue weighted by molar-refractivity contribution is 0.00513. The molecule has 0 spiro atoms. The predicted octanol–water partition coefficient (Wildman–Crippen LogP) is 4.16. The van der Waals surface area contributed by atoms with Crippen LogP contribution in [0.15, 0.2) is 60.7 Å². The monoisotopic (exact) mass is 411 g/mol. The molecule has 6 nitrogen and oxygen atoms in total. The number of epoxide rings is 1. The molecule has 2 heterocycles. The Hall–Kier alpha value is -2.41. The molecular formula is C24H29NO5. The van der Waals surface area contributed by atoms with Gasteiger partial charge in [-0.3, -0.25) is 4.90 Å². The van der Waals surface area contributed by atoms with Gasteiger partial charge in [-0.25, -0.2) is 4.79 Å². The van der Waals surface area contributed by atoms with E-state index < -0.39 is 6.23 Å². The molecule has 4 rings (SSSR count). The molecule has 0 N–H and O–H groups in total. The molecule has 0 aliphatic carbocycles. The lowest BCUT2D eigenvalue weighted by Crippen LogP contribution is -2.42. The summed E-state index contributed by atoms with van der Waals surface area (Å²) in [6, 6.07) is 19.8. The van der Waals surface area contributed by atoms with E-state index in [1.807, 2.05) is 55.5 Å². The third-order valence-electron chi connectivity index (χ3n) is 5.59. The van der Waals surface area contributed by atoms with E-state index in [-0.39, 0.29) is 30.3 Å². The number of nitrogens with zero attached hydrogens (tertiary/aromatic N) is 1. The lowest BCUT2D eigenvalue weighted by Gasteiger charge is -2.27. The van der Waals surface area contributed by atoms with Gasteiger partial charge in [0.05, 0.1) is 38.6 Å². The van der Waals surface area contributed by atoms with Gasteiger partial charge in [-0.15, -0.1) is 0 Å². The van der Waals surface area contributed by atoms with Gasteiger partial charge in [-0.1, -0.05) is 67.6 Å². The van der Waals surface area contributed by atoms with Crippen molar-refractivity contribution in [1.29, 1.82) is 0 Å². The topological polar surface area (TPSA) is 60.5 Å². The van der Waals surface area contributed by atoms with Crippen molar-refractivity contribution in [3.05, 3.63) is 71.8 Å². The SMILES string of the molecule is CCOC(=O)N1[C@@H]([C@H]2O[C@H]2[C@H](C)COCc2ccccc2)OC[C@H]1c1ccccc1. The van der Waals surface area contributed by atoms with Crippen LogP contribution in [0.3, 0.4) is 0 Å². The molecule has 2 fully saturated rings. The minimum atomic E-state index is -0.448. The maximum Gasteiger partial charge on any atom is 0.412 e. The van der Waals surface area contributed by atoms with E-state index >= 15 is 0 Å². The maximum atomic E-state index is 12.7. The van der Waals surface area contributed by atoms with Crippen molar-refractivity contribution >= 4 is 6.09 Å². The molecule has 0 saturated carbocycles. The molecule has 2 aliphatic rings. The van der Waals surface area contributed by atoms with E-state index in [0.29, 0.717) is 26.4 Å². The fourth-order valence-corrected chi connectivity index (χ4v) is 4.00. The first kappa shape index (κ1) is 20.8. The quantitative estimate of drug-likeness (QED) is 0.611. The first-order chi connectivity index (χ1) is 14.7. The summed E-state index contributed by atoms with van der Waals surface area (Å²) in [6.07, 6.45) is -0.984. The van der Waals surface area contributed by atoms with Gasteiger partial charge in [0, 0.05) is 5.92 Å². The Morgan fingerprint density at radius 3 is 2.53 bits per heavy atom. The molecule has 1 amide bonds. The Labute approximate surface area is 177 Å². The largest absolute Gasteiger partial charge is 0.450 e. The van der Waals surface area contributed by atoms with E-state index in [9.17, 15) is 4.79 Å². The minimum absolute atomic E-state index is 0.00257. The Bertz CT molecular complexity index is 815. The predicted molar refractivity (Wildman–Crippen MR) is 112 cm³/mol. The molecule has 2 aromatic rings. The average Bonchev–Trinajstić information content (AvgIpc) is 3.45. The van der Waals surface area contributed by atoms with E-state index in [2.05, 4.69) is 19.1 Å². The Morgan fingerprint density at radius 2 is 1.83 bits per heavy atom. The summed E-state index contributed by atoms with van der Waals surface area (Å²) in [6.45, 7) is 5.83. The highest BCUT2D eigenvalue weighted by Gasteiger charge is 2.56. The summed E-state index contributed by atoms with van der Waals surface area (Å²) in [4.78, 5) is 14.4. The standard InChI is InChI=1S/C24H29NO5/c1-3-28-24(26)25-20(19-12-8-5-9-13-19)16-29-23(25)22-21(30-22)17(2)14-27-15-18-10-6-4-7-11-18/h4-13,17,20-23H,3,14-16H2,1-2H3/t17-,20+,21+,22+,23-/m1/s1. The number of carbonyl (C=O) groups excluding carboxylic acids is 1. The highest BCUT2D eigenvalue weighted by Crippen LogP contribution is 2.41. The van der Waals surface area contributed by atoms with Gasteiger partial charge in [-0.2, -0.15) is 0 Å². The van der Waals surface area contributed by atoms with Crippen LogP contribution in [0, 0.1) is 5.92 Å². The lowest BCUT2D eigenvalue weighted by atomic mass is 10.0. The number of benzene rings is 2. The molecule has 5 atom stereocenters. The average molecular weight is 411 g/mol. The van der Waals surface area contributed by atoms with Crippen LogP contribution in [0.1, 0.15) is 31.0 Å². The molecule has 2 aromatic carbocycles. The summed E-state index contributed by atoms with van der Waals surface area (Å²) in [7, 11) is 0. The molecule has 6 heteroatoms. The molecule has 0 radical (unpaired) electrons. The second kappa shape index (κ2) is 9.60. The molecule has 160 valence electrons. The maximum absolute atomic E-state index is 12.7. The van der Waals surface area contributed by atoms with Crippen molar-refractivity contribution in [2.45, 2.75) is 44.9 Å². The van der Waals surface area contributed by atoms with Crippen LogP contribution in [0.4, 0.5) is 4.79 Å². The number of rotatable bonds is 8. The van der Waals surface area contributed by atoms with Crippen LogP contribution in [0.2, 0.25) is 0 Å². The molecule has 0 aromatic heterocycles. The zero-order chi connectivity index (χ0) is 20.9. The summed E-state index contributed by atoms with van der Waals surface area (Å²) >= 11 is 0. The smallest absolute Gasteiger partial charge is 0.412 e. The second-order valence-electron chi connectivity index (χ2n) is 7.80. The van der Waals surface area contributed by atoms with Crippen LogP contribution >= 0.6 is 0 Å². The Kier molecular flexibility index (Phi) is 6.67. The van der Waals surface area contributed by atoms with Crippen LogP contribution < -0.4 is 0 Å². The zero-order valence-corrected chi connectivity index (χ0v) is 17.5. The third-order valence-corrected chi connectivity index (χ3v) is 5.59. The number of hydrogen-bond acceptors (Lipinski definition) is 5. The Balaban J connectivity index is 1.36. The number of amides is 1. The molecule has 0 bridgehead atoms.